The molecule has 0 amide bonds. The van der Waals surface area contributed by atoms with E-state index in [2.05, 4.69) is 26.1 Å². The molecule has 0 aromatic heterocycles. The number of aliphatic hydroxyl groups is 1. The van der Waals surface area contributed by atoms with Gasteiger partial charge in [0.2, 0.25) is 0 Å². The van der Waals surface area contributed by atoms with Gasteiger partial charge in [0, 0.05) is 12.6 Å². The van der Waals surface area contributed by atoms with E-state index in [0.717, 1.165) is 12.0 Å². The van der Waals surface area contributed by atoms with E-state index in [1.807, 2.05) is 12.1 Å². The van der Waals surface area contributed by atoms with Gasteiger partial charge in [0.25, 0.3) is 0 Å². The normalized spacial score (nSPS) is 14.9. The van der Waals surface area contributed by atoms with E-state index >= 15 is 0 Å². The standard InChI is InChI=1S/C14H23NO2/c1-10(2)8-14(17)9-15-11(3)12-4-6-13(16)7-5-12/h4-7,10-11,14-17H,8-9H2,1-3H3. The molecular weight excluding hydrogens is 214 g/mol. The summed E-state index contributed by atoms with van der Waals surface area (Å²) in [5, 5.41) is 22.2. The van der Waals surface area contributed by atoms with Crippen LogP contribution in [-0.2, 0) is 0 Å². The highest BCUT2D eigenvalue weighted by Gasteiger charge is 2.10. The number of benzene rings is 1. The van der Waals surface area contributed by atoms with Crippen molar-refractivity contribution in [1.82, 2.24) is 5.32 Å². The van der Waals surface area contributed by atoms with Crippen LogP contribution < -0.4 is 5.32 Å². The maximum absolute atomic E-state index is 9.76. The minimum absolute atomic E-state index is 0.178. The molecule has 1 rings (SSSR count). The van der Waals surface area contributed by atoms with Crippen LogP contribution in [0.3, 0.4) is 0 Å². The van der Waals surface area contributed by atoms with Crippen molar-refractivity contribution in [1.29, 1.82) is 0 Å². The summed E-state index contributed by atoms with van der Waals surface area (Å²) >= 11 is 0. The minimum Gasteiger partial charge on any atom is -0.508 e. The number of aliphatic hydroxyl groups excluding tert-OH is 1. The Labute approximate surface area is 103 Å². The summed E-state index contributed by atoms with van der Waals surface area (Å²) in [5.41, 5.74) is 1.11. The highest BCUT2D eigenvalue weighted by molar-refractivity contribution is 5.27. The molecule has 0 fully saturated rings. The molecule has 96 valence electrons. The number of phenolic OH excluding ortho intramolecular Hbond substituents is 1. The van der Waals surface area contributed by atoms with Crippen LogP contribution >= 0.6 is 0 Å². The third-order valence-electron chi connectivity index (χ3n) is 2.80. The Morgan fingerprint density at radius 2 is 1.71 bits per heavy atom. The van der Waals surface area contributed by atoms with Crippen LogP contribution in [-0.4, -0.2) is 22.9 Å². The van der Waals surface area contributed by atoms with E-state index < -0.39 is 0 Å². The molecule has 1 aromatic carbocycles. The van der Waals surface area contributed by atoms with E-state index in [4.69, 9.17) is 0 Å². The van der Waals surface area contributed by atoms with Crippen LogP contribution in [0.15, 0.2) is 24.3 Å². The lowest BCUT2D eigenvalue weighted by Crippen LogP contribution is -2.29. The summed E-state index contributed by atoms with van der Waals surface area (Å²) in [4.78, 5) is 0. The van der Waals surface area contributed by atoms with Crippen LogP contribution in [0.25, 0.3) is 0 Å². The van der Waals surface area contributed by atoms with Gasteiger partial charge in [-0.1, -0.05) is 26.0 Å². The number of phenols is 1. The lowest BCUT2D eigenvalue weighted by molar-refractivity contribution is 0.143. The van der Waals surface area contributed by atoms with E-state index in [0.29, 0.717) is 12.5 Å². The second-order valence-corrected chi connectivity index (χ2v) is 5.00. The Morgan fingerprint density at radius 1 is 1.12 bits per heavy atom. The second kappa shape index (κ2) is 6.62. The van der Waals surface area contributed by atoms with Crippen molar-refractivity contribution in [2.75, 3.05) is 6.54 Å². The van der Waals surface area contributed by atoms with E-state index in [9.17, 15) is 10.2 Å². The largest absolute Gasteiger partial charge is 0.508 e. The predicted molar refractivity (Wildman–Crippen MR) is 70.0 cm³/mol. The Balaban J connectivity index is 2.39. The first-order valence-corrected chi connectivity index (χ1v) is 6.19. The first-order valence-electron chi connectivity index (χ1n) is 6.19. The molecule has 0 saturated carbocycles. The molecule has 3 heteroatoms. The van der Waals surface area contributed by atoms with Crippen molar-refractivity contribution >= 4 is 0 Å². The Bertz CT molecular complexity index is 321. The molecule has 0 aliphatic heterocycles. The van der Waals surface area contributed by atoms with Crippen LogP contribution in [0, 0.1) is 5.92 Å². The van der Waals surface area contributed by atoms with Crippen molar-refractivity contribution in [2.45, 2.75) is 39.3 Å². The fourth-order valence-corrected chi connectivity index (χ4v) is 1.82. The van der Waals surface area contributed by atoms with Crippen molar-refractivity contribution in [3.05, 3.63) is 29.8 Å². The van der Waals surface area contributed by atoms with Gasteiger partial charge in [0.05, 0.1) is 6.10 Å². The summed E-state index contributed by atoms with van der Waals surface area (Å²) in [6.45, 7) is 6.86. The van der Waals surface area contributed by atoms with Gasteiger partial charge in [-0.3, -0.25) is 0 Å². The SMILES string of the molecule is CC(C)CC(O)CNC(C)c1ccc(O)cc1. The van der Waals surface area contributed by atoms with Crippen LogP contribution in [0.2, 0.25) is 0 Å². The van der Waals surface area contributed by atoms with Crippen LogP contribution in [0.4, 0.5) is 0 Å². The topological polar surface area (TPSA) is 52.5 Å². The quantitative estimate of drug-likeness (QED) is 0.712. The Hall–Kier alpha value is -1.06. The molecule has 0 radical (unpaired) electrons. The highest BCUT2D eigenvalue weighted by atomic mass is 16.3. The number of nitrogens with one attached hydrogen (secondary N) is 1. The Kier molecular flexibility index (Phi) is 5.45. The zero-order valence-corrected chi connectivity index (χ0v) is 10.9. The van der Waals surface area contributed by atoms with Crippen LogP contribution in [0.5, 0.6) is 5.75 Å². The molecule has 17 heavy (non-hydrogen) atoms. The van der Waals surface area contributed by atoms with Gasteiger partial charge >= 0.3 is 0 Å². The van der Waals surface area contributed by atoms with Crippen molar-refractivity contribution in [2.24, 2.45) is 5.92 Å². The van der Waals surface area contributed by atoms with E-state index in [1.165, 1.54) is 0 Å². The molecule has 0 aliphatic carbocycles. The lowest BCUT2D eigenvalue weighted by atomic mass is 10.0. The molecule has 0 bridgehead atoms. The number of rotatable bonds is 6. The van der Waals surface area contributed by atoms with Gasteiger partial charge in [0.1, 0.15) is 5.75 Å². The zero-order valence-electron chi connectivity index (χ0n) is 10.9. The van der Waals surface area contributed by atoms with Gasteiger partial charge in [-0.25, -0.2) is 0 Å². The average molecular weight is 237 g/mol. The molecule has 0 aliphatic rings. The lowest BCUT2D eigenvalue weighted by Gasteiger charge is -2.18. The number of hydrogen-bond acceptors (Lipinski definition) is 3. The van der Waals surface area contributed by atoms with Gasteiger partial charge in [-0.05, 0) is 37.0 Å². The fraction of sp³-hybridized carbons (Fsp3) is 0.571. The van der Waals surface area contributed by atoms with Crippen molar-refractivity contribution < 1.29 is 10.2 Å². The van der Waals surface area contributed by atoms with Gasteiger partial charge in [0.15, 0.2) is 0 Å². The highest BCUT2D eigenvalue weighted by Crippen LogP contribution is 2.16. The molecular formula is C14H23NO2. The maximum atomic E-state index is 9.76. The fourth-order valence-electron chi connectivity index (χ4n) is 1.82. The summed E-state index contributed by atoms with van der Waals surface area (Å²) in [5.74, 6) is 0.788. The molecule has 1 aromatic rings. The molecule has 0 spiro atoms. The van der Waals surface area contributed by atoms with E-state index in [1.54, 1.807) is 12.1 Å². The summed E-state index contributed by atoms with van der Waals surface area (Å²) in [6.07, 6.45) is 0.518. The first kappa shape index (κ1) is 14.0. The second-order valence-electron chi connectivity index (χ2n) is 5.00. The van der Waals surface area contributed by atoms with Crippen LogP contribution in [0.1, 0.15) is 38.8 Å². The van der Waals surface area contributed by atoms with Gasteiger partial charge in [-0.15, -0.1) is 0 Å². The van der Waals surface area contributed by atoms with Crippen molar-refractivity contribution in [3.8, 4) is 5.75 Å². The minimum atomic E-state index is -0.297. The smallest absolute Gasteiger partial charge is 0.115 e. The summed E-state index contributed by atoms with van der Waals surface area (Å²) < 4.78 is 0. The average Bonchev–Trinajstić information content (AvgIpc) is 2.26. The van der Waals surface area contributed by atoms with E-state index in [-0.39, 0.29) is 17.9 Å². The van der Waals surface area contributed by atoms with Gasteiger partial charge < -0.3 is 15.5 Å². The monoisotopic (exact) mass is 237 g/mol. The zero-order chi connectivity index (χ0) is 12.8. The molecule has 2 unspecified atom stereocenters. The summed E-state index contributed by atoms with van der Waals surface area (Å²) in [6, 6.07) is 7.32. The first-order chi connectivity index (χ1) is 7.99. The number of hydrogen-bond donors (Lipinski definition) is 3. The summed E-state index contributed by atoms with van der Waals surface area (Å²) in [7, 11) is 0. The maximum Gasteiger partial charge on any atom is 0.115 e. The molecule has 2 atom stereocenters. The molecule has 0 saturated heterocycles. The third kappa shape index (κ3) is 5.20. The Morgan fingerprint density at radius 3 is 2.24 bits per heavy atom. The number of aromatic hydroxyl groups is 1. The molecule has 3 N–H and O–H groups in total. The van der Waals surface area contributed by atoms with Crippen molar-refractivity contribution in [3.63, 3.8) is 0 Å². The van der Waals surface area contributed by atoms with Gasteiger partial charge in [-0.2, -0.15) is 0 Å². The predicted octanol–water partition coefficient (Wildman–Crippen LogP) is 2.45. The molecule has 0 heterocycles. The third-order valence-corrected chi connectivity index (χ3v) is 2.80. The molecule has 3 nitrogen and oxygen atoms in total.